The van der Waals surface area contributed by atoms with Crippen LogP contribution in [0.25, 0.3) is 11.0 Å². The Balaban J connectivity index is 1.66. The normalized spacial score (nSPS) is 17.7. The summed E-state index contributed by atoms with van der Waals surface area (Å²) in [5, 5.41) is 5.42. The molecule has 1 saturated heterocycles. The molecule has 0 radical (unpaired) electrons. The fourth-order valence-corrected chi connectivity index (χ4v) is 3.74. The first-order valence-electron chi connectivity index (χ1n) is 10.2. The van der Waals surface area contributed by atoms with Crippen LogP contribution in [-0.2, 0) is 21.6 Å². The number of imide groups is 1. The smallest absolute Gasteiger partial charge is 0.411 e. The van der Waals surface area contributed by atoms with Crippen LogP contribution in [0.2, 0.25) is 0 Å². The molecule has 3 aromatic rings. The lowest BCUT2D eigenvalue weighted by atomic mass is 9.92. The standard InChI is InChI=1S/C23H19F2N3O6/c1-3-33-22(32)26-14-5-6-15-12(8-19(29)34-18(15)10-14)11-28-20(30)23(2,27-21(28)31)13-4-7-16(24)17(25)9-13/h4-10H,3,11H2,1-2H3,(H,26,32)(H,27,31). The highest BCUT2D eigenvalue weighted by Gasteiger charge is 2.49. The largest absolute Gasteiger partial charge is 0.450 e. The predicted octanol–water partition coefficient (Wildman–Crippen LogP) is 3.61. The number of hydrogen-bond donors (Lipinski definition) is 2. The fourth-order valence-electron chi connectivity index (χ4n) is 3.74. The van der Waals surface area contributed by atoms with E-state index in [0.29, 0.717) is 16.6 Å². The van der Waals surface area contributed by atoms with E-state index in [4.69, 9.17) is 9.15 Å². The third-order valence-corrected chi connectivity index (χ3v) is 5.45. The van der Waals surface area contributed by atoms with Crippen molar-refractivity contribution >= 4 is 34.7 Å². The highest BCUT2D eigenvalue weighted by molar-refractivity contribution is 6.07. The number of urea groups is 1. The van der Waals surface area contributed by atoms with E-state index in [1.54, 1.807) is 19.1 Å². The lowest BCUT2D eigenvalue weighted by Gasteiger charge is -2.22. The number of rotatable bonds is 5. The maximum atomic E-state index is 13.8. The van der Waals surface area contributed by atoms with E-state index in [1.165, 1.54) is 19.1 Å². The third kappa shape index (κ3) is 4.07. The van der Waals surface area contributed by atoms with Gasteiger partial charge in [0.25, 0.3) is 5.91 Å². The van der Waals surface area contributed by atoms with Gasteiger partial charge in [-0.15, -0.1) is 0 Å². The molecule has 1 fully saturated rings. The van der Waals surface area contributed by atoms with Crippen LogP contribution in [0, 0.1) is 11.6 Å². The van der Waals surface area contributed by atoms with E-state index < -0.39 is 40.8 Å². The number of carbonyl (C=O) groups excluding carboxylic acids is 3. The molecular formula is C23H19F2N3O6. The zero-order chi connectivity index (χ0) is 24.6. The first-order chi connectivity index (χ1) is 16.1. The second-order valence-corrected chi connectivity index (χ2v) is 7.72. The lowest BCUT2D eigenvalue weighted by Crippen LogP contribution is -2.41. The highest BCUT2D eigenvalue weighted by Crippen LogP contribution is 2.32. The molecule has 2 aromatic carbocycles. The molecule has 34 heavy (non-hydrogen) atoms. The van der Waals surface area contributed by atoms with Crippen LogP contribution < -0.4 is 16.3 Å². The van der Waals surface area contributed by atoms with E-state index in [2.05, 4.69) is 10.6 Å². The third-order valence-electron chi connectivity index (χ3n) is 5.45. The zero-order valence-electron chi connectivity index (χ0n) is 18.1. The summed E-state index contributed by atoms with van der Waals surface area (Å²) >= 11 is 0. The van der Waals surface area contributed by atoms with Crippen molar-refractivity contribution in [3.63, 3.8) is 0 Å². The number of amides is 4. The van der Waals surface area contributed by atoms with Crippen LogP contribution in [0.1, 0.15) is 25.0 Å². The first-order valence-corrected chi connectivity index (χ1v) is 10.2. The van der Waals surface area contributed by atoms with Crippen molar-refractivity contribution in [3.05, 3.63) is 75.6 Å². The monoisotopic (exact) mass is 471 g/mol. The van der Waals surface area contributed by atoms with Crippen LogP contribution in [0.15, 0.2) is 51.7 Å². The molecule has 0 spiro atoms. The molecule has 1 aromatic heterocycles. The summed E-state index contributed by atoms with van der Waals surface area (Å²) in [7, 11) is 0. The minimum absolute atomic E-state index is 0.0689. The van der Waals surface area contributed by atoms with Gasteiger partial charge in [0.15, 0.2) is 11.6 Å². The Labute approximate surface area is 191 Å². The van der Waals surface area contributed by atoms with Crippen LogP contribution in [0.5, 0.6) is 0 Å². The number of nitrogens with zero attached hydrogens (tertiary/aromatic N) is 1. The molecule has 0 bridgehead atoms. The Bertz CT molecular complexity index is 1390. The van der Waals surface area contributed by atoms with Crippen LogP contribution in [0.3, 0.4) is 0 Å². The summed E-state index contributed by atoms with van der Waals surface area (Å²) in [6.07, 6.45) is -0.684. The quantitative estimate of drug-likeness (QED) is 0.434. The molecule has 1 atom stereocenters. The summed E-state index contributed by atoms with van der Waals surface area (Å²) < 4.78 is 37.1. The summed E-state index contributed by atoms with van der Waals surface area (Å²) in [6.45, 7) is 2.92. The van der Waals surface area contributed by atoms with Crippen LogP contribution in [-0.4, -0.2) is 29.5 Å². The van der Waals surface area contributed by atoms with Gasteiger partial charge >= 0.3 is 17.7 Å². The summed E-state index contributed by atoms with van der Waals surface area (Å²) in [5.41, 5.74) is -1.55. The van der Waals surface area contributed by atoms with Crippen LogP contribution in [0.4, 0.5) is 24.1 Å². The number of halogens is 2. The number of fused-ring (bicyclic) bond motifs is 1. The Hall–Kier alpha value is -4.28. The van der Waals surface area contributed by atoms with E-state index in [0.717, 1.165) is 23.1 Å². The molecule has 11 heteroatoms. The van der Waals surface area contributed by atoms with Gasteiger partial charge in [-0.1, -0.05) is 6.07 Å². The zero-order valence-corrected chi connectivity index (χ0v) is 18.1. The summed E-state index contributed by atoms with van der Waals surface area (Å²) in [5.74, 6) is -2.94. The Kier molecular flexibility index (Phi) is 5.78. The number of carbonyl (C=O) groups is 3. The van der Waals surface area contributed by atoms with Crippen molar-refractivity contribution in [2.75, 3.05) is 11.9 Å². The number of hydrogen-bond acceptors (Lipinski definition) is 6. The second-order valence-electron chi connectivity index (χ2n) is 7.72. The topological polar surface area (TPSA) is 118 Å². The van der Waals surface area contributed by atoms with Crippen LogP contribution >= 0.6 is 0 Å². The average molecular weight is 471 g/mol. The lowest BCUT2D eigenvalue weighted by molar-refractivity contribution is -0.131. The minimum Gasteiger partial charge on any atom is -0.450 e. The van der Waals surface area contributed by atoms with Gasteiger partial charge in [0, 0.05) is 23.2 Å². The Morgan fingerprint density at radius 1 is 1.12 bits per heavy atom. The molecule has 4 amide bonds. The Morgan fingerprint density at radius 3 is 2.59 bits per heavy atom. The van der Waals surface area contributed by atoms with Gasteiger partial charge in [-0.25, -0.2) is 23.2 Å². The van der Waals surface area contributed by atoms with Gasteiger partial charge in [0.05, 0.1) is 13.2 Å². The number of ether oxygens (including phenoxy) is 1. The molecule has 2 heterocycles. The van der Waals surface area contributed by atoms with Gasteiger partial charge in [0.1, 0.15) is 11.1 Å². The Morgan fingerprint density at radius 2 is 1.88 bits per heavy atom. The molecule has 1 aliphatic rings. The average Bonchev–Trinajstić information content (AvgIpc) is 2.99. The molecule has 0 aliphatic carbocycles. The van der Waals surface area contributed by atoms with Gasteiger partial charge in [-0.05, 0) is 49.2 Å². The van der Waals surface area contributed by atoms with Crippen molar-refractivity contribution in [3.8, 4) is 0 Å². The molecule has 9 nitrogen and oxygen atoms in total. The summed E-state index contributed by atoms with van der Waals surface area (Å²) in [6, 6.07) is 7.83. The minimum atomic E-state index is -1.63. The molecule has 1 unspecified atom stereocenters. The van der Waals surface area contributed by atoms with Crippen molar-refractivity contribution in [1.82, 2.24) is 10.2 Å². The SMILES string of the molecule is CCOC(=O)Nc1ccc2c(CN3C(=O)NC(C)(c4ccc(F)c(F)c4)C3=O)cc(=O)oc2c1. The molecular weight excluding hydrogens is 452 g/mol. The summed E-state index contributed by atoms with van der Waals surface area (Å²) in [4.78, 5) is 50.5. The maximum absolute atomic E-state index is 13.8. The maximum Gasteiger partial charge on any atom is 0.411 e. The predicted molar refractivity (Wildman–Crippen MR) is 116 cm³/mol. The van der Waals surface area contributed by atoms with E-state index in [-0.39, 0.29) is 24.3 Å². The number of benzene rings is 2. The molecule has 0 saturated carbocycles. The van der Waals surface area contributed by atoms with Crippen molar-refractivity contribution in [2.24, 2.45) is 0 Å². The number of nitrogens with one attached hydrogen (secondary N) is 2. The molecule has 176 valence electrons. The van der Waals surface area contributed by atoms with E-state index in [1.807, 2.05) is 0 Å². The fraction of sp³-hybridized carbons (Fsp3) is 0.217. The molecule has 2 N–H and O–H groups in total. The first kappa shape index (κ1) is 22.9. The van der Waals surface area contributed by atoms with Crippen molar-refractivity contribution in [1.29, 1.82) is 0 Å². The van der Waals surface area contributed by atoms with Gasteiger partial charge < -0.3 is 14.5 Å². The highest BCUT2D eigenvalue weighted by atomic mass is 19.2. The number of anilines is 1. The molecule has 1 aliphatic heterocycles. The van der Waals surface area contributed by atoms with E-state index >= 15 is 0 Å². The van der Waals surface area contributed by atoms with E-state index in [9.17, 15) is 28.0 Å². The van der Waals surface area contributed by atoms with Crippen molar-refractivity contribution in [2.45, 2.75) is 25.9 Å². The second kappa shape index (κ2) is 8.58. The van der Waals surface area contributed by atoms with Crippen molar-refractivity contribution < 1.29 is 32.3 Å². The van der Waals surface area contributed by atoms with Gasteiger partial charge in [0.2, 0.25) is 0 Å². The molecule has 4 rings (SSSR count). The van der Waals surface area contributed by atoms with Gasteiger partial charge in [-0.3, -0.25) is 15.0 Å². The van der Waals surface area contributed by atoms with Gasteiger partial charge in [-0.2, -0.15) is 0 Å².